The third-order valence-corrected chi connectivity index (χ3v) is 9.89. The van der Waals surface area contributed by atoms with E-state index in [2.05, 4.69) is 45.1 Å². The Balaban J connectivity index is 4.76. The summed E-state index contributed by atoms with van der Waals surface area (Å²) in [6, 6.07) is 0. The van der Waals surface area contributed by atoms with Crippen molar-refractivity contribution in [1.82, 2.24) is 4.90 Å². The molecule has 0 aliphatic heterocycles. The fourth-order valence-corrected chi connectivity index (χ4v) is 6.20. The fraction of sp³-hybridized carbons (Fsp3) is 0.854. The van der Waals surface area contributed by atoms with E-state index in [1.165, 1.54) is 77.0 Å². The lowest BCUT2D eigenvalue weighted by atomic mass is 10.1. The molecule has 0 aromatic heterocycles. The second-order valence-corrected chi connectivity index (χ2v) is 16.0. The minimum Gasteiger partial charge on any atom is -0.465 e. The maximum atomic E-state index is 12.9. The lowest BCUT2D eigenvalue weighted by Gasteiger charge is -2.20. The van der Waals surface area contributed by atoms with Gasteiger partial charge in [-0.1, -0.05) is 141 Å². The fourth-order valence-electron chi connectivity index (χ4n) is 6.20. The van der Waals surface area contributed by atoms with Crippen LogP contribution in [-0.2, 0) is 38.0 Å². The predicted molar refractivity (Wildman–Crippen MR) is 237 cm³/mol. The Labute approximate surface area is 355 Å². The van der Waals surface area contributed by atoms with Gasteiger partial charge in [-0.3, -0.25) is 9.59 Å². The number of nitrogens with zero attached hydrogens (tertiary/aromatic N) is 1. The molecule has 0 radical (unpaired) electrons. The minimum absolute atomic E-state index is 0.0222. The Morgan fingerprint density at radius 2 is 0.948 bits per heavy atom. The second-order valence-electron chi connectivity index (χ2n) is 16.0. The zero-order valence-electron chi connectivity index (χ0n) is 38.1. The number of carbonyl (C=O) groups is 3. The van der Waals surface area contributed by atoms with Crippen LogP contribution in [0.1, 0.15) is 194 Å². The second kappa shape index (κ2) is 44.1. The highest BCUT2D eigenvalue weighted by molar-refractivity contribution is 5.69. The first-order valence-corrected chi connectivity index (χ1v) is 23.6. The SMILES string of the molecule is CCCCCC=CCC=CCCCCCCCC(=O)OCC(COC(=O)CCC(OCCCCCCCC)OCCCCCCCC)COC(=O)OCCCN(C)C. The van der Waals surface area contributed by atoms with Gasteiger partial charge in [-0.25, -0.2) is 4.79 Å². The summed E-state index contributed by atoms with van der Waals surface area (Å²) < 4.78 is 33.8. The number of rotatable bonds is 43. The van der Waals surface area contributed by atoms with Crippen molar-refractivity contribution in [2.75, 3.05) is 60.3 Å². The van der Waals surface area contributed by atoms with E-state index < -0.39 is 24.3 Å². The Hall–Kier alpha value is -2.43. The number of carbonyl (C=O) groups excluding carboxylic acids is 3. The van der Waals surface area contributed by atoms with Crippen LogP contribution in [0.15, 0.2) is 24.3 Å². The van der Waals surface area contributed by atoms with Crippen LogP contribution in [0.3, 0.4) is 0 Å². The zero-order chi connectivity index (χ0) is 42.6. The number of esters is 2. The molecule has 0 spiro atoms. The maximum absolute atomic E-state index is 12.9. The van der Waals surface area contributed by atoms with Gasteiger partial charge in [-0.15, -0.1) is 0 Å². The van der Waals surface area contributed by atoms with Gasteiger partial charge < -0.3 is 33.3 Å². The summed E-state index contributed by atoms with van der Waals surface area (Å²) in [6.07, 6.45) is 35.6. The topological polar surface area (TPSA) is 110 Å². The van der Waals surface area contributed by atoms with Crippen molar-refractivity contribution < 1.29 is 42.8 Å². The molecule has 10 heteroatoms. The molecule has 10 nitrogen and oxygen atoms in total. The third-order valence-electron chi connectivity index (χ3n) is 9.89. The highest BCUT2D eigenvalue weighted by atomic mass is 16.7. The molecule has 0 bridgehead atoms. The summed E-state index contributed by atoms with van der Waals surface area (Å²) in [5.41, 5.74) is 0. The van der Waals surface area contributed by atoms with Crippen LogP contribution in [0.2, 0.25) is 0 Å². The lowest BCUT2D eigenvalue weighted by molar-refractivity contribution is -0.161. The average molecular weight is 824 g/mol. The summed E-state index contributed by atoms with van der Waals surface area (Å²) in [4.78, 5) is 39.8. The number of hydrogen-bond acceptors (Lipinski definition) is 10. The molecule has 58 heavy (non-hydrogen) atoms. The quantitative estimate of drug-likeness (QED) is 0.0194. The Kier molecular flexibility index (Phi) is 42.3. The zero-order valence-corrected chi connectivity index (χ0v) is 38.1. The molecule has 340 valence electrons. The summed E-state index contributed by atoms with van der Waals surface area (Å²) in [5.74, 6) is -1.22. The summed E-state index contributed by atoms with van der Waals surface area (Å²) in [6.45, 7) is 8.73. The van der Waals surface area contributed by atoms with E-state index in [1.807, 2.05) is 19.0 Å². The van der Waals surface area contributed by atoms with Crippen LogP contribution in [0.4, 0.5) is 4.79 Å². The van der Waals surface area contributed by atoms with E-state index in [0.717, 1.165) is 77.2 Å². The largest absolute Gasteiger partial charge is 0.508 e. The monoisotopic (exact) mass is 824 g/mol. The van der Waals surface area contributed by atoms with Crippen LogP contribution in [-0.4, -0.2) is 89.6 Å². The van der Waals surface area contributed by atoms with Crippen LogP contribution >= 0.6 is 0 Å². The first kappa shape index (κ1) is 55.6. The molecule has 1 unspecified atom stereocenters. The van der Waals surface area contributed by atoms with Gasteiger partial charge in [0, 0.05) is 32.6 Å². The third kappa shape index (κ3) is 41.7. The standard InChI is InChI=1S/C48H89NO9/c1-6-9-12-15-18-19-20-21-22-23-24-25-26-27-30-34-45(50)56-41-44(43-58-48(52)55-40-33-37-49(4)5)42-57-46(51)35-36-47(53-38-31-28-16-13-10-7-2)54-39-32-29-17-14-11-8-3/h18-19,21-22,44,47H,6-17,20,23-43H2,1-5H3. The van der Waals surface area contributed by atoms with Crippen LogP contribution in [0.25, 0.3) is 0 Å². The van der Waals surface area contributed by atoms with E-state index in [4.69, 9.17) is 28.4 Å². The van der Waals surface area contributed by atoms with Crippen LogP contribution in [0.5, 0.6) is 0 Å². The van der Waals surface area contributed by atoms with Gasteiger partial charge in [0.05, 0.1) is 18.9 Å². The molecule has 0 aromatic carbocycles. The Bertz CT molecular complexity index is 968. The van der Waals surface area contributed by atoms with Crippen LogP contribution in [0, 0.1) is 5.92 Å². The number of unbranched alkanes of at least 4 members (excludes halogenated alkanes) is 18. The maximum Gasteiger partial charge on any atom is 0.508 e. The average Bonchev–Trinajstić information content (AvgIpc) is 3.21. The van der Waals surface area contributed by atoms with Crippen molar-refractivity contribution in [2.45, 2.75) is 200 Å². The van der Waals surface area contributed by atoms with Gasteiger partial charge in [-0.2, -0.15) is 0 Å². The van der Waals surface area contributed by atoms with Crippen molar-refractivity contribution in [3.05, 3.63) is 24.3 Å². The van der Waals surface area contributed by atoms with Crippen molar-refractivity contribution >= 4 is 18.1 Å². The van der Waals surface area contributed by atoms with Crippen molar-refractivity contribution in [2.24, 2.45) is 5.92 Å². The Morgan fingerprint density at radius 1 is 0.483 bits per heavy atom. The molecule has 0 saturated carbocycles. The van der Waals surface area contributed by atoms with E-state index in [9.17, 15) is 14.4 Å². The first-order chi connectivity index (χ1) is 28.3. The molecular weight excluding hydrogens is 735 g/mol. The lowest BCUT2D eigenvalue weighted by Crippen LogP contribution is -2.27. The van der Waals surface area contributed by atoms with E-state index >= 15 is 0 Å². The van der Waals surface area contributed by atoms with Crippen molar-refractivity contribution in [3.63, 3.8) is 0 Å². The van der Waals surface area contributed by atoms with Gasteiger partial charge in [0.25, 0.3) is 0 Å². The number of hydrogen-bond donors (Lipinski definition) is 0. The number of ether oxygens (including phenoxy) is 6. The summed E-state index contributed by atoms with van der Waals surface area (Å²) in [5, 5.41) is 0. The van der Waals surface area contributed by atoms with Crippen molar-refractivity contribution in [3.8, 4) is 0 Å². The molecule has 0 rings (SSSR count). The van der Waals surface area contributed by atoms with Crippen molar-refractivity contribution in [1.29, 1.82) is 0 Å². The highest BCUT2D eigenvalue weighted by Crippen LogP contribution is 2.14. The van der Waals surface area contributed by atoms with Gasteiger partial charge in [0.2, 0.25) is 0 Å². The van der Waals surface area contributed by atoms with E-state index in [0.29, 0.717) is 32.5 Å². The van der Waals surface area contributed by atoms with Gasteiger partial charge in [0.15, 0.2) is 6.29 Å². The summed E-state index contributed by atoms with van der Waals surface area (Å²) >= 11 is 0. The molecule has 0 aliphatic rings. The first-order valence-electron chi connectivity index (χ1n) is 23.6. The normalized spacial score (nSPS) is 12.3. The highest BCUT2D eigenvalue weighted by Gasteiger charge is 2.20. The molecule has 0 N–H and O–H groups in total. The molecule has 0 aromatic rings. The molecule has 1 atom stereocenters. The molecule has 0 amide bonds. The van der Waals surface area contributed by atoms with Gasteiger partial charge >= 0.3 is 18.1 Å². The molecule has 0 fully saturated rings. The molecule has 0 heterocycles. The Morgan fingerprint density at radius 3 is 1.52 bits per heavy atom. The molecule has 0 saturated heterocycles. The van der Waals surface area contributed by atoms with E-state index in [-0.39, 0.29) is 38.8 Å². The van der Waals surface area contributed by atoms with E-state index in [1.54, 1.807) is 0 Å². The molecular formula is C48H89NO9. The molecule has 0 aliphatic carbocycles. The predicted octanol–water partition coefficient (Wildman–Crippen LogP) is 12.5. The van der Waals surface area contributed by atoms with Crippen LogP contribution < -0.4 is 0 Å². The number of allylic oxidation sites excluding steroid dienone is 4. The minimum atomic E-state index is -0.792. The summed E-state index contributed by atoms with van der Waals surface area (Å²) in [7, 11) is 3.91. The smallest absolute Gasteiger partial charge is 0.465 e. The van der Waals surface area contributed by atoms with Gasteiger partial charge in [-0.05, 0) is 71.9 Å². The van der Waals surface area contributed by atoms with Gasteiger partial charge in [0.1, 0.15) is 19.8 Å².